The third kappa shape index (κ3) is 2.98. The predicted molar refractivity (Wildman–Crippen MR) is 68.2 cm³/mol. The Kier molecular flexibility index (Phi) is 4.14. The Balaban J connectivity index is 2.22. The van der Waals surface area contributed by atoms with Crippen molar-refractivity contribution in [2.75, 3.05) is 44.6 Å². The fourth-order valence-corrected chi connectivity index (χ4v) is 1.70. The second-order valence-electron chi connectivity index (χ2n) is 4.11. The van der Waals surface area contributed by atoms with Gasteiger partial charge in [-0.15, -0.1) is 0 Å². The van der Waals surface area contributed by atoms with Gasteiger partial charge < -0.3 is 19.7 Å². The Labute approximate surface area is 107 Å². The number of hydrogen-bond acceptors (Lipinski definition) is 7. The van der Waals surface area contributed by atoms with Crippen molar-refractivity contribution in [3.05, 3.63) is 0 Å². The van der Waals surface area contributed by atoms with E-state index in [1.165, 1.54) is 12.8 Å². The molecule has 0 bridgehead atoms. The maximum Gasteiger partial charge on any atom is 0.322 e. The van der Waals surface area contributed by atoms with Gasteiger partial charge in [-0.2, -0.15) is 15.0 Å². The van der Waals surface area contributed by atoms with Crippen molar-refractivity contribution < 1.29 is 9.47 Å². The first-order valence-electron chi connectivity index (χ1n) is 6.02. The van der Waals surface area contributed by atoms with E-state index < -0.39 is 0 Å². The molecule has 1 aromatic rings. The van der Waals surface area contributed by atoms with Crippen molar-refractivity contribution in [2.24, 2.45) is 0 Å². The average molecular weight is 253 g/mol. The van der Waals surface area contributed by atoms with Gasteiger partial charge in [0.05, 0.1) is 13.7 Å². The quantitative estimate of drug-likeness (QED) is 0.760. The van der Waals surface area contributed by atoms with Crippen LogP contribution in [0.4, 0.5) is 11.9 Å². The fraction of sp³-hybridized carbons (Fsp3) is 0.727. The standard InChI is InChI=1S/C11H19N5O2/c1-12-9-13-10(15-11(14-9)18-3)16(6-7-17-2)8-4-5-8/h8H,4-7H2,1-3H3,(H,12,13,14,15). The summed E-state index contributed by atoms with van der Waals surface area (Å²) < 4.78 is 10.2. The summed E-state index contributed by atoms with van der Waals surface area (Å²) in [5.74, 6) is 1.16. The highest BCUT2D eigenvalue weighted by molar-refractivity contribution is 5.40. The average Bonchev–Trinajstić information content (AvgIpc) is 3.23. The molecular formula is C11H19N5O2. The number of anilines is 2. The molecule has 100 valence electrons. The van der Waals surface area contributed by atoms with Crippen LogP contribution in [0.25, 0.3) is 0 Å². The van der Waals surface area contributed by atoms with Crippen molar-refractivity contribution in [1.29, 1.82) is 0 Å². The van der Waals surface area contributed by atoms with Crippen molar-refractivity contribution in [3.8, 4) is 6.01 Å². The SMILES string of the molecule is CNc1nc(OC)nc(N(CCOC)C2CC2)n1. The molecule has 7 nitrogen and oxygen atoms in total. The molecular weight excluding hydrogens is 234 g/mol. The van der Waals surface area contributed by atoms with E-state index >= 15 is 0 Å². The van der Waals surface area contributed by atoms with Gasteiger partial charge in [0.25, 0.3) is 0 Å². The summed E-state index contributed by atoms with van der Waals surface area (Å²) in [6.45, 7) is 1.43. The third-order valence-corrected chi connectivity index (χ3v) is 2.79. The normalized spacial score (nSPS) is 14.4. The van der Waals surface area contributed by atoms with Crippen LogP contribution in [0.2, 0.25) is 0 Å². The zero-order valence-corrected chi connectivity index (χ0v) is 11.0. The fourth-order valence-electron chi connectivity index (χ4n) is 1.70. The first kappa shape index (κ1) is 12.8. The van der Waals surface area contributed by atoms with Gasteiger partial charge in [0.15, 0.2) is 0 Å². The van der Waals surface area contributed by atoms with E-state index in [4.69, 9.17) is 9.47 Å². The maximum absolute atomic E-state index is 5.13. The first-order valence-corrected chi connectivity index (χ1v) is 6.02. The molecule has 0 amide bonds. The topological polar surface area (TPSA) is 72.4 Å². The van der Waals surface area contributed by atoms with Gasteiger partial charge in [0.1, 0.15) is 0 Å². The van der Waals surface area contributed by atoms with Crippen LogP contribution in [0.15, 0.2) is 0 Å². The molecule has 1 heterocycles. The van der Waals surface area contributed by atoms with E-state index in [-0.39, 0.29) is 0 Å². The molecule has 1 fully saturated rings. The monoisotopic (exact) mass is 253 g/mol. The van der Waals surface area contributed by atoms with Crippen LogP contribution in [0.3, 0.4) is 0 Å². The Morgan fingerprint density at radius 1 is 1.28 bits per heavy atom. The van der Waals surface area contributed by atoms with Gasteiger partial charge in [-0.25, -0.2) is 0 Å². The van der Waals surface area contributed by atoms with Gasteiger partial charge in [0, 0.05) is 26.7 Å². The van der Waals surface area contributed by atoms with E-state index in [0.29, 0.717) is 30.6 Å². The van der Waals surface area contributed by atoms with Crippen LogP contribution in [0.1, 0.15) is 12.8 Å². The van der Waals surface area contributed by atoms with Crippen molar-refractivity contribution in [3.63, 3.8) is 0 Å². The molecule has 0 aliphatic heterocycles. The van der Waals surface area contributed by atoms with Crippen LogP contribution in [0.5, 0.6) is 6.01 Å². The van der Waals surface area contributed by atoms with Gasteiger partial charge in [-0.1, -0.05) is 0 Å². The zero-order valence-electron chi connectivity index (χ0n) is 11.0. The molecule has 1 saturated carbocycles. The largest absolute Gasteiger partial charge is 0.467 e. The smallest absolute Gasteiger partial charge is 0.322 e. The summed E-state index contributed by atoms with van der Waals surface area (Å²) >= 11 is 0. The van der Waals surface area contributed by atoms with Gasteiger partial charge in [-0.05, 0) is 12.8 Å². The maximum atomic E-state index is 5.13. The molecule has 0 spiro atoms. The van der Waals surface area contributed by atoms with Gasteiger partial charge >= 0.3 is 6.01 Å². The van der Waals surface area contributed by atoms with Crippen LogP contribution in [-0.2, 0) is 4.74 Å². The lowest BCUT2D eigenvalue weighted by Gasteiger charge is -2.22. The molecule has 1 aliphatic carbocycles. The Hall–Kier alpha value is -1.63. The van der Waals surface area contributed by atoms with Crippen molar-refractivity contribution in [1.82, 2.24) is 15.0 Å². The van der Waals surface area contributed by atoms with Crippen LogP contribution in [-0.4, -0.2) is 55.4 Å². The molecule has 1 aliphatic rings. The van der Waals surface area contributed by atoms with E-state index in [2.05, 4.69) is 25.2 Å². The van der Waals surface area contributed by atoms with Crippen LogP contribution in [0, 0.1) is 0 Å². The van der Waals surface area contributed by atoms with E-state index in [0.717, 1.165) is 6.54 Å². The van der Waals surface area contributed by atoms with Crippen molar-refractivity contribution in [2.45, 2.75) is 18.9 Å². The lowest BCUT2D eigenvalue weighted by Crippen LogP contribution is -2.31. The Morgan fingerprint density at radius 2 is 2.06 bits per heavy atom. The predicted octanol–water partition coefficient (Wildman–Crippen LogP) is 0.537. The molecule has 2 rings (SSSR count). The first-order chi connectivity index (χ1) is 8.78. The van der Waals surface area contributed by atoms with Crippen LogP contribution < -0.4 is 15.0 Å². The highest BCUT2D eigenvalue weighted by Crippen LogP contribution is 2.30. The summed E-state index contributed by atoms with van der Waals surface area (Å²) in [6.07, 6.45) is 2.35. The summed E-state index contributed by atoms with van der Waals surface area (Å²) in [4.78, 5) is 14.9. The van der Waals surface area contributed by atoms with Gasteiger partial charge in [-0.3, -0.25) is 0 Å². The highest BCUT2D eigenvalue weighted by Gasteiger charge is 2.31. The molecule has 1 aromatic heterocycles. The zero-order chi connectivity index (χ0) is 13.0. The Bertz CT molecular complexity index is 375. The number of nitrogens with one attached hydrogen (secondary N) is 1. The lowest BCUT2D eigenvalue weighted by atomic mass is 10.5. The molecule has 7 heteroatoms. The van der Waals surface area contributed by atoms with E-state index in [1.807, 2.05) is 0 Å². The minimum Gasteiger partial charge on any atom is -0.467 e. The molecule has 0 atom stereocenters. The molecule has 0 unspecified atom stereocenters. The van der Waals surface area contributed by atoms with E-state index in [1.54, 1.807) is 21.3 Å². The molecule has 0 aromatic carbocycles. The summed E-state index contributed by atoms with van der Waals surface area (Å²) in [7, 11) is 5.02. The molecule has 1 N–H and O–H groups in total. The number of hydrogen-bond donors (Lipinski definition) is 1. The Morgan fingerprint density at radius 3 is 2.61 bits per heavy atom. The highest BCUT2D eigenvalue weighted by atomic mass is 16.5. The van der Waals surface area contributed by atoms with Crippen LogP contribution >= 0.6 is 0 Å². The summed E-state index contributed by atoms with van der Waals surface area (Å²) in [5.41, 5.74) is 0. The summed E-state index contributed by atoms with van der Waals surface area (Å²) in [5, 5.41) is 2.91. The van der Waals surface area contributed by atoms with Gasteiger partial charge in [0.2, 0.25) is 11.9 Å². The second-order valence-corrected chi connectivity index (χ2v) is 4.11. The number of nitrogens with zero attached hydrogens (tertiary/aromatic N) is 4. The number of methoxy groups -OCH3 is 2. The van der Waals surface area contributed by atoms with E-state index in [9.17, 15) is 0 Å². The minimum absolute atomic E-state index is 0.326. The lowest BCUT2D eigenvalue weighted by molar-refractivity contribution is 0.204. The molecule has 18 heavy (non-hydrogen) atoms. The summed E-state index contributed by atoms with van der Waals surface area (Å²) in [6, 6.07) is 0.837. The molecule has 0 saturated heterocycles. The third-order valence-electron chi connectivity index (χ3n) is 2.79. The second kappa shape index (κ2) is 5.81. The number of ether oxygens (including phenoxy) is 2. The number of aromatic nitrogens is 3. The molecule has 0 radical (unpaired) electrons. The number of rotatable bonds is 7. The minimum atomic E-state index is 0.326. The van der Waals surface area contributed by atoms with Crippen molar-refractivity contribution >= 4 is 11.9 Å².